The van der Waals surface area contributed by atoms with Crippen molar-refractivity contribution in [2.75, 3.05) is 29.9 Å². The molecule has 1 aromatic heterocycles. The standard InChI is InChI=1S/C25H25N5O5S/c1-15-2-4-18(5-3-15)29-14-17(12-22(29)31)24(33)28-10-8-16(9-11-28)23(32)27-25-26-20-7-6-19(30(34)35)13-21(20)36-25/h2-7,13,16-17H,8-12,14H2,1H3,(H,26,27,32). The summed E-state index contributed by atoms with van der Waals surface area (Å²) in [5.41, 5.74) is 2.48. The maximum absolute atomic E-state index is 13.1. The highest BCUT2D eigenvalue weighted by Crippen LogP contribution is 2.31. The first-order valence-electron chi connectivity index (χ1n) is 11.8. The molecule has 0 aliphatic carbocycles. The van der Waals surface area contributed by atoms with Gasteiger partial charge in [0.15, 0.2) is 5.13 Å². The van der Waals surface area contributed by atoms with E-state index in [1.54, 1.807) is 15.9 Å². The Bertz CT molecular complexity index is 1350. The van der Waals surface area contributed by atoms with E-state index >= 15 is 0 Å². The van der Waals surface area contributed by atoms with Gasteiger partial charge in [0, 0.05) is 49.8 Å². The number of rotatable bonds is 5. The summed E-state index contributed by atoms with van der Waals surface area (Å²) in [6, 6.07) is 12.1. The number of fused-ring (bicyclic) bond motifs is 1. The maximum atomic E-state index is 13.1. The molecule has 0 bridgehead atoms. The largest absolute Gasteiger partial charge is 0.342 e. The Morgan fingerprint density at radius 3 is 2.53 bits per heavy atom. The lowest BCUT2D eigenvalue weighted by atomic mass is 9.94. The number of likely N-dealkylation sites (tertiary alicyclic amines) is 1. The summed E-state index contributed by atoms with van der Waals surface area (Å²) in [5.74, 6) is -0.893. The van der Waals surface area contributed by atoms with Crippen LogP contribution in [0.3, 0.4) is 0 Å². The van der Waals surface area contributed by atoms with E-state index in [2.05, 4.69) is 10.3 Å². The molecular formula is C25H25N5O5S. The van der Waals surface area contributed by atoms with Crippen LogP contribution in [0.4, 0.5) is 16.5 Å². The van der Waals surface area contributed by atoms with Crippen molar-refractivity contribution < 1.29 is 19.3 Å². The first kappa shape index (κ1) is 23.9. The number of hydrogen-bond donors (Lipinski definition) is 1. The van der Waals surface area contributed by atoms with Gasteiger partial charge in [0.2, 0.25) is 17.7 Å². The number of benzene rings is 2. The zero-order chi connectivity index (χ0) is 25.4. The number of non-ortho nitro benzene ring substituents is 1. The number of thiazole rings is 1. The summed E-state index contributed by atoms with van der Waals surface area (Å²) in [4.78, 5) is 56.8. The van der Waals surface area contributed by atoms with Crippen LogP contribution in [0.5, 0.6) is 0 Å². The molecule has 1 atom stereocenters. The summed E-state index contributed by atoms with van der Waals surface area (Å²) in [5, 5.41) is 14.2. The first-order valence-corrected chi connectivity index (χ1v) is 12.6. The predicted molar refractivity (Wildman–Crippen MR) is 136 cm³/mol. The third-order valence-electron chi connectivity index (χ3n) is 6.81. The highest BCUT2D eigenvalue weighted by atomic mass is 32.1. The van der Waals surface area contributed by atoms with Gasteiger partial charge in [-0.2, -0.15) is 0 Å². The Balaban J connectivity index is 1.15. The zero-order valence-corrected chi connectivity index (χ0v) is 20.5. The Morgan fingerprint density at radius 2 is 1.83 bits per heavy atom. The number of nitro groups is 1. The maximum Gasteiger partial charge on any atom is 0.270 e. The van der Waals surface area contributed by atoms with Crippen molar-refractivity contribution in [3.8, 4) is 0 Å². The summed E-state index contributed by atoms with van der Waals surface area (Å²) >= 11 is 1.19. The topological polar surface area (TPSA) is 126 Å². The average molecular weight is 508 g/mol. The Kier molecular flexibility index (Phi) is 6.40. The van der Waals surface area contributed by atoms with Crippen molar-refractivity contribution in [2.45, 2.75) is 26.2 Å². The van der Waals surface area contributed by atoms with Crippen molar-refractivity contribution in [3.05, 3.63) is 58.1 Å². The van der Waals surface area contributed by atoms with Crippen LogP contribution in [0.25, 0.3) is 10.2 Å². The lowest BCUT2D eigenvalue weighted by Gasteiger charge is -2.32. The minimum Gasteiger partial charge on any atom is -0.342 e. The quantitative estimate of drug-likeness (QED) is 0.414. The Labute approximate surface area is 211 Å². The normalized spacial score (nSPS) is 18.6. The molecule has 0 radical (unpaired) electrons. The monoisotopic (exact) mass is 507 g/mol. The van der Waals surface area contributed by atoms with Gasteiger partial charge in [-0.05, 0) is 38.0 Å². The second-order valence-corrected chi connectivity index (χ2v) is 10.3. The fourth-order valence-electron chi connectivity index (χ4n) is 4.76. The number of nitrogens with zero attached hydrogens (tertiary/aromatic N) is 4. The number of carbonyl (C=O) groups excluding carboxylic acids is 3. The van der Waals surface area contributed by atoms with Gasteiger partial charge in [-0.25, -0.2) is 4.98 Å². The minimum absolute atomic E-state index is 0.0213. The van der Waals surface area contributed by atoms with Crippen molar-refractivity contribution in [1.82, 2.24) is 9.88 Å². The fourth-order valence-corrected chi connectivity index (χ4v) is 5.66. The minimum atomic E-state index is -0.464. The van der Waals surface area contributed by atoms with Crippen LogP contribution in [0.2, 0.25) is 0 Å². The molecular weight excluding hydrogens is 482 g/mol. The van der Waals surface area contributed by atoms with E-state index in [4.69, 9.17) is 0 Å². The Hall–Kier alpha value is -3.86. The van der Waals surface area contributed by atoms with Crippen LogP contribution in [0.1, 0.15) is 24.8 Å². The highest BCUT2D eigenvalue weighted by Gasteiger charge is 2.38. The highest BCUT2D eigenvalue weighted by molar-refractivity contribution is 7.22. The molecule has 2 aliphatic heterocycles. The number of anilines is 2. The number of nitro benzene ring substituents is 1. The van der Waals surface area contributed by atoms with Crippen molar-refractivity contribution in [3.63, 3.8) is 0 Å². The summed E-state index contributed by atoms with van der Waals surface area (Å²) in [6.07, 6.45) is 1.25. The number of aromatic nitrogens is 1. The fraction of sp³-hybridized carbons (Fsp3) is 0.360. The molecule has 2 fully saturated rings. The first-order chi connectivity index (χ1) is 17.3. The van der Waals surface area contributed by atoms with Gasteiger partial charge in [0.1, 0.15) is 0 Å². The number of nitrogens with one attached hydrogen (secondary N) is 1. The van der Waals surface area contributed by atoms with Crippen molar-refractivity contribution in [1.29, 1.82) is 0 Å². The van der Waals surface area contributed by atoms with Gasteiger partial charge in [0.25, 0.3) is 5.69 Å². The Morgan fingerprint density at radius 1 is 1.11 bits per heavy atom. The SMILES string of the molecule is Cc1ccc(N2CC(C(=O)N3CCC(C(=O)Nc4nc5ccc([N+](=O)[O-])cc5s4)CC3)CC2=O)cc1. The summed E-state index contributed by atoms with van der Waals surface area (Å²) in [6.45, 7) is 3.27. The van der Waals surface area contributed by atoms with Crippen LogP contribution < -0.4 is 10.2 Å². The molecule has 2 aliphatic rings. The number of piperidine rings is 1. The van der Waals surface area contributed by atoms with E-state index in [-0.39, 0.29) is 41.7 Å². The summed E-state index contributed by atoms with van der Waals surface area (Å²) < 4.78 is 0.630. The average Bonchev–Trinajstić information content (AvgIpc) is 3.46. The molecule has 5 rings (SSSR count). The predicted octanol–water partition coefficient (Wildman–Crippen LogP) is 3.74. The number of carbonyl (C=O) groups is 3. The molecule has 3 heterocycles. The smallest absolute Gasteiger partial charge is 0.270 e. The molecule has 186 valence electrons. The lowest BCUT2D eigenvalue weighted by molar-refractivity contribution is -0.384. The lowest BCUT2D eigenvalue weighted by Crippen LogP contribution is -2.44. The number of amides is 3. The van der Waals surface area contributed by atoms with Gasteiger partial charge in [-0.15, -0.1) is 0 Å². The van der Waals surface area contributed by atoms with Crippen LogP contribution in [0.15, 0.2) is 42.5 Å². The van der Waals surface area contributed by atoms with E-state index in [1.165, 1.54) is 23.5 Å². The molecule has 0 spiro atoms. The molecule has 1 unspecified atom stereocenters. The number of aryl methyl sites for hydroxylation is 1. The van der Waals surface area contributed by atoms with E-state index in [9.17, 15) is 24.5 Å². The molecule has 1 N–H and O–H groups in total. The van der Waals surface area contributed by atoms with E-state index in [1.807, 2.05) is 31.2 Å². The van der Waals surface area contributed by atoms with Crippen molar-refractivity contribution in [2.24, 2.45) is 11.8 Å². The summed E-state index contributed by atoms with van der Waals surface area (Å²) in [7, 11) is 0. The van der Waals surface area contributed by atoms with Gasteiger partial charge >= 0.3 is 0 Å². The van der Waals surface area contributed by atoms with Crippen LogP contribution in [-0.4, -0.2) is 52.2 Å². The second-order valence-electron chi connectivity index (χ2n) is 9.26. The molecule has 2 aromatic carbocycles. The van der Waals surface area contributed by atoms with Gasteiger partial charge in [-0.1, -0.05) is 29.0 Å². The zero-order valence-electron chi connectivity index (χ0n) is 19.7. The van der Waals surface area contributed by atoms with Gasteiger partial charge in [-0.3, -0.25) is 24.5 Å². The van der Waals surface area contributed by atoms with Crippen LogP contribution in [0, 0.1) is 28.9 Å². The molecule has 11 heteroatoms. The second kappa shape index (κ2) is 9.65. The molecule has 0 saturated carbocycles. The van der Waals surface area contributed by atoms with Crippen LogP contribution in [-0.2, 0) is 14.4 Å². The molecule has 3 amide bonds. The number of hydrogen-bond acceptors (Lipinski definition) is 7. The van der Waals surface area contributed by atoms with Crippen molar-refractivity contribution >= 4 is 55.8 Å². The molecule has 10 nitrogen and oxygen atoms in total. The van der Waals surface area contributed by atoms with Gasteiger partial charge in [0.05, 0.1) is 21.1 Å². The van der Waals surface area contributed by atoms with Crippen LogP contribution >= 0.6 is 11.3 Å². The van der Waals surface area contributed by atoms with E-state index in [0.29, 0.717) is 47.8 Å². The van der Waals surface area contributed by atoms with E-state index in [0.717, 1.165) is 11.3 Å². The molecule has 2 saturated heterocycles. The van der Waals surface area contributed by atoms with Gasteiger partial charge < -0.3 is 15.1 Å². The third kappa shape index (κ3) is 4.78. The molecule has 36 heavy (non-hydrogen) atoms. The third-order valence-corrected chi connectivity index (χ3v) is 7.74. The molecule has 3 aromatic rings. The van der Waals surface area contributed by atoms with E-state index < -0.39 is 4.92 Å².